The Bertz CT molecular complexity index is 430. The van der Waals surface area contributed by atoms with Gasteiger partial charge in [-0.25, -0.2) is 0 Å². The van der Waals surface area contributed by atoms with Gasteiger partial charge < -0.3 is 5.73 Å². The van der Waals surface area contributed by atoms with Gasteiger partial charge in [-0.15, -0.1) is 10.2 Å². The minimum Gasteiger partial charge on any atom is -0.330 e. The van der Waals surface area contributed by atoms with Crippen LogP contribution in [0.15, 0.2) is 0 Å². The van der Waals surface area contributed by atoms with Gasteiger partial charge in [-0.05, 0) is 6.54 Å². The molecule has 6 heteroatoms. The Kier molecular flexibility index (Phi) is 2.47. The Morgan fingerprint density at radius 1 is 1.43 bits per heavy atom. The molecule has 14 heavy (non-hydrogen) atoms. The van der Waals surface area contributed by atoms with Crippen molar-refractivity contribution in [2.24, 2.45) is 5.73 Å². The standard InChI is InChI=1S/C8H13N5S/c1-5(2)7-10-11-8-13(7)12-6(14-8)3-4-9/h5H,3-4,9H2,1-2H3. The van der Waals surface area contributed by atoms with E-state index in [9.17, 15) is 0 Å². The SMILES string of the molecule is CC(C)c1nnc2sc(CCN)nn12. The second-order valence-electron chi connectivity index (χ2n) is 3.44. The Morgan fingerprint density at radius 3 is 2.86 bits per heavy atom. The van der Waals surface area contributed by atoms with Crippen molar-refractivity contribution in [2.45, 2.75) is 26.2 Å². The normalized spacial score (nSPS) is 11.7. The van der Waals surface area contributed by atoms with E-state index in [0.29, 0.717) is 12.5 Å². The van der Waals surface area contributed by atoms with Gasteiger partial charge in [-0.1, -0.05) is 25.2 Å². The average molecular weight is 211 g/mol. The molecule has 0 aliphatic heterocycles. The summed E-state index contributed by atoms with van der Waals surface area (Å²) >= 11 is 1.56. The molecule has 2 N–H and O–H groups in total. The van der Waals surface area contributed by atoms with Crippen molar-refractivity contribution in [1.82, 2.24) is 19.8 Å². The Hall–Kier alpha value is -1.01. The van der Waals surface area contributed by atoms with Crippen LogP contribution in [0.1, 0.15) is 30.6 Å². The highest BCUT2D eigenvalue weighted by molar-refractivity contribution is 7.16. The zero-order chi connectivity index (χ0) is 10.1. The molecular weight excluding hydrogens is 198 g/mol. The number of rotatable bonds is 3. The van der Waals surface area contributed by atoms with Gasteiger partial charge in [0.15, 0.2) is 5.82 Å². The van der Waals surface area contributed by atoms with Gasteiger partial charge in [0.05, 0.1) is 0 Å². The van der Waals surface area contributed by atoms with Crippen molar-refractivity contribution in [3.63, 3.8) is 0 Å². The van der Waals surface area contributed by atoms with Crippen LogP contribution >= 0.6 is 11.3 Å². The van der Waals surface area contributed by atoms with E-state index in [1.807, 2.05) is 4.52 Å². The summed E-state index contributed by atoms with van der Waals surface area (Å²) in [5.41, 5.74) is 5.47. The van der Waals surface area contributed by atoms with Gasteiger partial charge in [-0.3, -0.25) is 0 Å². The highest BCUT2D eigenvalue weighted by atomic mass is 32.1. The Labute approximate surface area is 86.0 Å². The van der Waals surface area contributed by atoms with Crippen molar-refractivity contribution in [3.8, 4) is 0 Å². The topological polar surface area (TPSA) is 69.1 Å². The van der Waals surface area contributed by atoms with Crippen molar-refractivity contribution in [1.29, 1.82) is 0 Å². The zero-order valence-corrected chi connectivity index (χ0v) is 9.08. The van der Waals surface area contributed by atoms with E-state index in [1.165, 1.54) is 0 Å². The minimum atomic E-state index is 0.345. The molecule has 76 valence electrons. The summed E-state index contributed by atoms with van der Waals surface area (Å²) < 4.78 is 1.82. The van der Waals surface area contributed by atoms with Gasteiger partial charge in [-0.2, -0.15) is 9.61 Å². The van der Waals surface area contributed by atoms with E-state index in [4.69, 9.17) is 5.73 Å². The van der Waals surface area contributed by atoms with E-state index >= 15 is 0 Å². The largest absolute Gasteiger partial charge is 0.330 e. The second kappa shape index (κ2) is 3.62. The van der Waals surface area contributed by atoms with Gasteiger partial charge in [0, 0.05) is 12.3 Å². The van der Waals surface area contributed by atoms with E-state index in [0.717, 1.165) is 22.2 Å². The predicted molar refractivity (Wildman–Crippen MR) is 55.5 cm³/mol. The maximum Gasteiger partial charge on any atom is 0.234 e. The first-order chi connectivity index (χ1) is 6.72. The third-order valence-electron chi connectivity index (χ3n) is 1.93. The molecule has 0 bridgehead atoms. The Morgan fingerprint density at radius 2 is 2.21 bits per heavy atom. The molecule has 2 rings (SSSR count). The number of aromatic nitrogens is 4. The molecule has 2 heterocycles. The third-order valence-corrected chi connectivity index (χ3v) is 2.89. The molecule has 0 spiro atoms. The molecule has 5 nitrogen and oxygen atoms in total. The highest BCUT2D eigenvalue weighted by Crippen LogP contribution is 2.18. The van der Waals surface area contributed by atoms with Crippen LogP contribution in [-0.2, 0) is 6.42 Å². The summed E-state index contributed by atoms with van der Waals surface area (Å²) in [5.74, 6) is 1.26. The van der Waals surface area contributed by atoms with Gasteiger partial charge in [0.2, 0.25) is 4.96 Å². The van der Waals surface area contributed by atoms with E-state index in [2.05, 4.69) is 29.1 Å². The summed E-state index contributed by atoms with van der Waals surface area (Å²) in [4.78, 5) is 0.858. The molecule has 0 unspecified atom stereocenters. The molecule has 0 fully saturated rings. The fourth-order valence-corrected chi connectivity index (χ4v) is 2.11. The first-order valence-electron chi connectivity index (χ1n) is 4.63. The molecule has 2 aromatic rings. The summed E-state index contributed by atoms with van der Waals surface area (Å²) in [6.07, 6.45) is 0.811. The number of hydrogen-bond donors (Lipinski definition) is 1. The lowest BCUT2D eigenvalue weighted by Crippen LogP contribution is -2.04. The lowest BCUT2D eigenvalue weighted by atomic mass is 10.2. The lowest BCUT2D eigenvalue weighted by Gasteiger charge is -1.97. The highest BCUT2D eigenvalue weighted by Gasteiger charge is 2.13. The molecular formula is C8H13N5S. The summed E-state index contributed by atoms with van der Waals surface area (Å²) in [5, 5.41) is 13.6. The van der Waals surface area contributed by atoms with Gasteiger partial charge >= 0.3 is 0 Å². The van der Waals surface area contributed by atoms with Crippen LogP contribution in [0, 0.1) is 0 Å². The van der Waals surface area contributed by atoms with E-state index in [-0.39, 0.29) is 0 Å². The van der Waals surface area contributed by atoms with Crippen LogP contribution in [-0.4, -0.2) is 26.4 Å². The molecule has 0 amide bonds. The summed E-state index contributed by atoms with van der Waals surface area (Å²) in [6.45, 7) is 4.79. The maximum absolute atomic E-state index is 5.47. The number of nitrogens with zero attached hydrogens (tertiary/aromatic N) is 4. The van der Waals surface area contributed by atoms with Crippen LogP contribution < -0.4 is 5.73 Å². The van der Waals surface area contributed by atoms with E-state index < -0.39 is 0 Å². The van der Waals surface area contributed by atoms with Gasteiger partial charge in [0.1, 0.15) is 5.01 Å². The van der Waals surface area contributed by atoms with Crippen LogP contribution in [0.4, 0.5) is 0 Å². The number of hydrogen-bond acceptors (Lipinski definition) is 5. The van der Waals surface area contributed by atoms with Crippen LogP contribution in [0.3, 0.4) is 0 Å². The smallest absolute Gasteiger partial charge is 0.234 e. The molecule has 0 aliphatic carbocycles. The molecule has 2 aromatic heterocycles. The average Bonchev–Trinajstić information content (AvgIpc) is 2.62. The second-order valence-corrected chi connectivity index (χ2v) is 4.48. The first kappa shape index (κ1) is 9.54. The zero-order valence-electron chi connectivity index (χ0n) is 8.27. The quantitative estimate of drug-likeness (QED) is 0.815. The van der Waals surface area contributed by atoms with Gasteiger partial charge in [0.25, 0.3) is 0 Å². The third kappa shape index (κ3) is 1.51. The van der Waals surface area contributed by atoms with Crippen molar-refractivity contribution in [2.75, 3.05) is 6.54 Å². The Balaban J connectivity index is 2.45. The fraction of sp³-hybridized carbons (Fsp3) is 0.625. The summed E-state index contributed by atoms with van der Waals surface area (Å²) in [6, 6.07) is 0. The monoisotopic (exact) mass is 211 g/mol. The predicted octanol–water partition coefficient (Wildman–Crippen LogP) is 0.810. The molecule has 0 saturated heterocycles. The summed E-state index contributed by atoms with van der Waals surface area (Å²) in [7, 11) is 0. The number of nitrogens with two attached hydrogens (primary N) is 1. The molecule has 0 aromatic carbocycles. The lowest BCUT2D eigenvalue weighted by molar-refractivity contribution is 0.716. The van der Waals surface area contributed by atoms with E-state index in [1.54, 1.807) is 11.3 Å². The first-order valence-corrected chi connectivity index (χ1v) is 5.45. The molecule has 0 aliphatic rings. The molecule has 0 atom stereocenters. The van der Waals surface area contributed by atoms with Crippen molar-refractivity contribution in [3.05, 3.63) is 10.8 Å². The minimum absolute atomic E-state index is 0.345. The fourth-order valence-electron chi connectivity index (χ4n) is 1.26. The molecule has 0 radical (unpaired) electrons. The van der Waals surface area contributed by atoms with Crippen molar-refractivity contribution < 1.29 is 0 Å². The maximum atomic E-state index is 5.47. The van der Waals surface area contributed by atoms with Crippen LogP contribution in [0.25, 0.3) is 4.96 Å². The number of fused-ring (bicyclic) bond motifs is 1. The van der Waals surface area contributed by atoms with Crippen molar-refractivity contribution >= 4 is 16.3 Å². The molecule has 0 saturated carbocycles. The van der Waals surface area contributed by atoms with Crippen LogP contribution in [0.2, 0.25) is 0 Å². The van der Waals surface area contributed by atoms with Crippen LogP contribution in [0.5, 0.6) is 0 Å².